The summed E-state index contributed by atoms with van der Waals surface area (Å²) in [5, 5.41) is 7.53. The summed E-state index contributed by atoms with van der Waals surface area (Å²) in [6.45, 7) is 7.88. The fourth-order valence-electron chi connectivity index (χ4n) is 5.57. The maximum Gasteiger partial charge on any atom is 0.0607 e. The molecule has 0 spiro atoms. The highest BCUT2D eigenvalue weighted by atomic mass is 16.5. The summed E-state index contributed by atoms with van der Waals surface area (Å²) < 4.78 is 5.47. The first kappa shape index (κ1) is 21.8. The van der Waals surface area contributed by atoms with Crippen molar-refractivity contribution in [3.05, 3.63) is 58.9 Å². The number of hydrogen-bond donors (Lipinski definition) is 2. The van der Waals surface area contributed by atoms with E-state index in [1.54, 1.807) is 0 Å². The molecule has 1 aromatic heterocycles. The van der Waals surface area contributed by atoms with Gasteiger partial charge in [-0.05, 0) is 61.6 Å². The number of morpholine rings is 1. The van der Waals surface area contributed by atoms with Crippen LogP contribution in [0.2, 0.25) is 0 Å². The van der Waals surface area contributed by atoms with Crippen molar-refractivity contribution in [1.82, 2.24) is 20.1 Å². The van der Waals surface area contributed by atoms with Gasteiger partial charge in [0, 0.05) is 57.2 Å². The van der Waals surface area contributed by atoms with E-state index >= 15 is 0 Å². The minimum Gasteiger partial charge on any atom is -0.384 e. The van der Waals surface area contributed by atoms with Crippen molar-refractivity contribution in [1.29, 1.82) is 0 Å². The van der Waals surface area contributed by atoms with Crippen LogP contribution in [-0.2, 0) is 24.1 Å². The van der Waals surface area contributed by atoms with Crippen LogP contribution < -0.4 is 10.6 Å². The average molecular weight is 436 g/mol. The Morgan fingerprint density at radius 2 is 2.06 bits per heavy atom. The van der Waals surface area contributed by atoms with Crippen LogP contribution in [0, 0.1) is 0 Å². The molecule has 3 aliphatic rings. The van der Waals surface area contributed by atoms with Gasteiger partial charge < -0.3 is 15.4 Å². The summed E-state index contributed by atoms with van der Waals surface area (Å²) in [6.07, 6.45) is 6.66. The van der Waals surface area contributed by atoms with E-state index in [9.17, 15) is 0 Å². The summed E-state index contributed by atoms with van der Waals surface area (Å²) in [4.78, 5) is 9.77. The molecule has 2 aliphatic heterocycles. The van der Waals surface area contributed by atoms with Crippen molar-refractivity contribution in [2.75, 3.05) is 58.3 Å². The molecule has 172 valence electrons. The van der Waals surface area contributed by atoms with Gasteiger partial charge in [-0.2, -0.15) is 0 Å². The second kappa shape index (κ2) is 10.3. The maximum absolute atomic E-state index is 5.47. The van der Waals surface area contributed by atoms with E-state index in [0.717, 1.165) is 58.9 Å². The van der Waals surface area contributed by atoms with Gasteiger partial charge in [0.15, 0.2) is 0 Å². The molecule has 1 fully saturated rings. The molecule has 1 saturated heterocycles. The predicted octanol–water partition coefficient (Wildman–Crippen LogP) is 2.85. The molecule has 2 aromatic rings. The molecule has 0 bridgehead atoms. The number of fused-ring (bicyclic) bond motifs is 2. The minimum absolute atomic E-state index is 0.435. The Morgan fingerprint density at radius 1 is 1.19 bits per heavy atom. The van der Waals surface area contributed by atoms with Crippen molar-refractivity contribution in [2.45, 2.75) is 44.3 Å². The number of ether oxygens (including phenoxy) is 1. The van der Waals surface area contributed by atoms with Gasteiger partial charge in [-0.3, -0.25) is 14.8 Å². The highest BCUT2D eigenvalue weighted by Crippen LogP contribution is 2.33. The van der Waals surface area contributed by atoms with Crippen LogP contribution in [0.1, 0.15) is 41.3 Å². The molecule has 2 atom stereocenters. The molecule has 32 heavy (non-hydrogen) atoms. The van der Waals surface area contributed by atoms with Crippen LogP contribution in [0.3, 0.4) is 0 Å². The van der Waals surface area contributed by atoms with E-state index in [1.807, 2.05) is 6.20 Å². The number of nitrogens with one attached hydrogen (secondary N) is 2. The molecule has 0 saturated carbocycles. The van der Waals surface area contributed by atoms with Gasteiger partial charge in [-0.1, -0.05) is 18.2 Å². The second-order valence-electron chi connectivity index (χ2n) is 9.50. The molecule has 1 aliphatic carbocycles. The smallest absolute Gasteiger partial charge is 0.0607 e. The molecular weight excluding hydrogens is 398 g/mol. The topological polar surface area (TPSA) is 52.7 Å². The third-order valence-corrected chi connectivity index (χ3v) is 7.36. The highest BCUT2D eigenvalue weighted by molar-refractivity contribution is 5.56. The Kier molecular flexibility index (Phi) is 7.03. The normalized spacial score (nSPS) is 23.6. The van der Waals surface area contributed by atoms with Crippen molar-refractivity contribution in [3.63, 3.8) is 0 Å². The number of likely N-dealkylation sites (N-methyl/N-ethyl adjacent to an activating group) is 1. The Morgan fingerprint density at radius 3 is 2.97 bits per heavy atom. The van der Waals surface area contributed by atoms with Crippen molar-refractivity contribution < 1.29 is 4.74 Å². The maximum atomic E-state index is 5.47. The number of anilines is 1. The van der Waals surface area contributed by atoms with Crippen LogP contribution in [0.15, 0.2) is 36.5 Å². The zero-order valence-corrected chi connectivity index (χ0v) is 19.4. The lowest BCUT2D eigenvalue weighted by Crippen LogP contribution is -2.45. The lowest BCUT2D eigenvalue weighted by Gasteiger charge is -2.36. The van der Waals surface area contributed by atoms with Gasteiger partial charge in [0.1, 0.15) is 0 Å². The van der Waals surface area contributed by atoms with Gasteiger partial charge in [0.25, 0.3) is 0 Å². The molecule has 2 N–H and O–H groups in total. The van der Waals surface area contributed by atoms with Crippen LogP contribution >= 0.6 is 0 Å². The van der Waals surface area contributed by atoms with Gasteiger partial charge in [0.05, 0.1) is 24.9 Å². The van der Waals surface area contributed by atoms with E-state index in [-0.39, 0.29) is 0 Å². The van der Waals surface area contributed by atoms with Gasteiger partial charge in [0.2, 0.25) is 0 Å². The zero-order chi connectivity index (χ0) is 21.8. The summed E-state index contributed by atoms with van der Waals surface area (Å²) in [5.74, 6) is 0. The lowest BCUT2D eigenvalue weighted by molar-refractivity contribution is 0.0398. The van der Waals surface area contributed by atoms with E-state index in [4.69, 9.17) is 9.72 Å². The fourth-order valence-corrected chi connectivity index (χ4v) is 5.57. The fraction of sp³-hybridized carbons (Fsp3) is 0.577. The van der Waals surface area contributed by atoms with Crippen LogP contribution in [0.5, 0.6) is 0 Å². The number of aromatic nitrogens is 1. The summed E-state index contributed by atoms with van der Waals surface area (Å²) in [5.41, 5.74) is 6.97. The zero-order valence-electron chi connectivity index (χ0n) is 19.4. The van der Waals surface area contributed by atoms with Gasteiger partial charge in [-0.15, -0.1) is 0 Å². The average Bonchev–Trinajstić information content (AvgIpc) is 2.84. The van der Waals surface area contributed by atoms with Crippen molar-refractivity contribution >= 4 is 5.69 Å². The second-order valence-corrected chi connectivity index (χ2v) is 9.50. The first-order valence-electron chi connectivity index (χ1n) is 12.3. The Bertz CT molecular complexity index is 898. The summed E-state index contributed by atoms with van der Waals surface area (Å²) >= 11 is 0. The van der Waals surface area contributed by atoms with Crippen LogP contribution in [0.4, 0.5) is 5.69 Å². The first-order valence-corrected chi connectivity index (χ1v) is 12.3. The minimum atomic E-state index is 0.435. The largest absolute Gasteiger partial charge is 0.384 e. The van der Waals surface area contributed by atoms with E-state index < -0.39 is 0 Å². The molecule has 1 aromatic carbocycles. The number of aryl methyl sites for hydroxylation is 1. The quantitative estimate of drug-likeness (QED) is 0.698. The summed E-state index contributed by atoms with van der Waals surface area (Å²) in [6, 6.07) is 12.0. The molecule has 5 rings (SSSR count). The third-order valence-electron chi connectivity index (χ3n) is 7.36. The SMILES string of the molecule is CN(CC1Cc2c(cccc2NCCN2CCOCC2)CN1)C1CCCc2cccnc21. The first-order chi connectivity index (χ1) is 15.8. The Hall–Kier alpha value is -1.99. The van der Waals surface area contributed by atoms with Crippen molar-refractivity contribution in [2.24, 2.45) is 0 Å². The number of rotatable bonds is 7. The van der Waals surface area contributed by atoms with E-state index in [1.165, 1.54) is 47.3 Å². The third kappa shape index (κ3) is 4.99. The standard InChI is InChI=1S/C26H37N5O/c1-30(25-9-3-5-20-7-4-10-28-26(20)25)19-22-17-23-21(18-29-22)6-2-8-24(23)27-11-12-31-13-15-32-16-14-31/h2,4,6-8,10,22,25,27,29H,3,5,9,11-19H2,1H3. The summed E-state index contributed by atoms with van der Waals surface area (Å²) in [7, 11) is 2.28. The van der Waals surface area contributed by atoms with Crippen LogP contribution in [-0.4, -0.2) is 73.8 Å². The molecule has 0 amide bonds. The Balaban J connectivity index is 1.21. The molecular formula is C26H37N5O. The molecule has 3 heterocycles. The molecule has 0 radical (unpaired) electrons. The van der Waals surface area contributed by atoms with Gasteiger partial charge in [-0.25, -0.2) is 0 Å². The number of hydrogen-bond acceptors (Lipinski definition) is 6. The molecule has 6 nitrogen and oxygen atoms in total. The monoisotopic (exact) mass is 435 g/mol. The number of benzene rings is 1. The number of pyridine rings is 1. The molecule has 6 heteroatoms. The Labute approximate surface area is 192 Å². The highest BCUT2D eigenvalue weighted by Gasteiger charge is 2.28. The molecule has 2 unspecified atom stereocenters. The van der Waals surface area contributed by atoms with E-state index in [0.29, 0.717) is 12.1 Å². The van der Waals surface area contributed by atoms with Crippen molar-refractivity contribution in [3.8, 4) is 0 Å². The lowest BCUT2D eigenvalue weighted by atomic mass is 9.90. The predicted molar refractivity (Wildman–Crippen MR) is 129 cm³/mol. The number of nitrogens with zero attached hydrogens (tertiary/aromatic N) is 3. The van der Waals surface area contributed by atoms with E-state index in [2.05, 4.69) is 57.8 Å². The van der Waals surface area contributed by atoms with Crippen LogP contribution in [0.25, 0.3) is 0 Å². The van der Waals surface area contributed by atoms with Gasteiger partial charge >= 0.3 is 0 Å².